The third-order valence-corrected chi connectivity index (χ3v) is 4.89. The van der Waals surface area contributed by atoms with E-state index in [2.05, 4.69) is 19.8 Å². The van der Waals surface area contributed by atoms with Gasteiger partial charge in [0.15, 0.2) is 0 Å². The Bertz CT molecular complexity index is 979. The van der Waals surface area contributed by atoms with Crippen LogP contribution in [0.15, 0.2) is 52.0 Å². The summed E-state index contributed by atoms with van der Waals surface area (Å²) in [5.74, 6) is 1.21. The summed E-state index contributed by atoms with van der Waals surface area (Å²) in [5, 5.41) is 3.92. The van der Waals surface area contributed by atoms with Gasteiger partial charge in [0.05, 0.1) is 4.90 Å². The van der Waals surface area contributed by atoms with E-state index in [1.54, 1.807) is 36.4 Å². The van der Waals surface area contributed by atoms with Crippen LogP contribution >= 0.6 is 0 Å². The molecule has 0 fully saturated rings. The molecule has 25 heavy (non-hydrogen) atoms. The smallest absolute Gasteiger partial charge is 0.263 e. The molecule has 130 valence electrons. The third kappa shape index (κ3) is 3.85. The normalized spacial score (nSPS) is 11.7. The van der Waals surface area contributed by atoms with Crippen molar-refractivity contribution in [3.8, 4) is 11.4 Å². The number of anilines is 1. The van der Waals surface area contributed by atoms with Crippen LogP contribution in [0.4, 0.5) is 5.82 Å². The summed E-state index contributed by atoms with van der Waals surface area (Å²) in [4.78, 5) is 8.53. The zero-order valence-electron chi connectivity index (χ0n) is 14.1. The van der Waals surface area contributed by atoms with Crippen LogP contribution < -0.4 is 4.72 Å². The summed E-state index contributed by atoms with van der Waals surface area (Å²) >= 11 is 0. The molecule has 0 bridgehead atoms. The highest BCUT2D eigenvalue weighted by Gasteiger charge is 2.16. The van der Waals surface area contributed by atoms with Gasteiger partial charge in [-0.15, -0.1) is 0 Å². The Hall–Kier alpha value is -2.74. The second-order valence-corrected chi connectivity index (χ2v) is 7.64. The molecule has 3 rings (SSSR count). The lowest BCUT2D eigenvalue weighted by Gasteiger charge is -2.08. The van der Waals surface area contributed by atoms with E-state index >= 15 is 0 Å². The van der Waals surface area contributed by atoms with E-state index in [1.807, 2.05) is 20.8 Å². The number of aromatic nitrogens is 3. The first kappa shape index (κ1) is 17.1. The van der Waals surface area contributed by atoms with Crippen molar-refractivity contribution in [2.75, 3.05) is 4.72 Å². The Morgan fingerprint density at radius 2 is 1.84 bits per heavy atom. The van der Waals surface area contributed by atoms with Crippen molar-refractivity contribution >= 4 is 15.8 Å². The second kappa shape index (κ2) is 6.64. The molecule has 0 saturated carbocycles. The van der Waals surface area contributed by atoms with Crippen LogP contribution in [-0.2, 0) is 10.0 Å². The Balaban J connectivity index is 1.87. The maximum atomic E-state index is 12.5. The fraction of sp³-hybridized carbons (Fsp3) is 0.235. The van der Waals surface area contributed by atoms with Crippen molar-refractivity contribution in [1.29, 1.82) is 0 Å². The van der Waals surface area contributed by atoms with Crippen LogP contribution in [0.5, 0.6) is 0 Å². The average Bonchev–Trinajstić information content (AvgIpc) is 3.05. The molecule has 0 aliphatic heterocycles. The molecule has 0 amide bonds. The minimum absolute atomic E-state index is 0.114. The first-order valence-electron chi connectivity index (χ1n) is 7.75. The van der Waals surface area contributed by atoms with E-state index in [-0.39, 0.29) is 16.6 Å². The molecule has 0 atom stereocenters. The standard InChI is InChI=1S/C17H18N4O3S/c1-11(2)17-19-16(20-24-17)13-8-9-18-15(10-13)21-25(22,23)14-6-4-12(3)5-7-14/h4-11H,1-3H3,(H,18,21). The van der Waals surface area contributed by atoms with Crippen molar-refractivity contribution in [3.63, 3.8) is 0 Å². The number of benzene rings is 1. The van der Waals surface area contributed by atoms with Gasteiger partial charge >= 0.3 is 0 Å². The first-order chi connectivity index (χ1) is 11.8. The number of nitrogens with zero attached hydrogens (tertiary/aromatic N) is 3. The summed E-state index contributed by atoms with van der Waals surface area (Å²) in [6, 6.07) is 9.85. The Labute approximate surface area is 146 Å². The number of hydrogen-bond donors (Lipinski definition) is 1. The van der Waals surface area contributed by atoms with Gasteiger partial charge in [-0.05, 0) is 31.2 Å². The first-order valence-corrected chi connectivity index (χ1v) is 9.23. The van der Waals surface area contributed by atoms with Gasteiger partial charge < -0.3 is 4.52 Å². The topological polar surface area (TPSA) is 98.0 Å². The summed E-state index contributed by atoms with van der Waals surface area (Å²) < 4.78 is 32.6. The largest absolute Gasteiger partial charge is 0.339 e. The predicted octanol–water partition coefficient (Wildman–Crippen LogP) is 3.36. The number of aryl methyl sites for hydroxylation is 1. The fourth-order valence-electron chi connectivity index (χ4n) is 2.13. The van der Waals surface area contributed by atoms with E-state index in [1.165, 1.54) is 6.20 Å². The molecule has 0 radical (unpaired) electrons. The van der Waals surface area contributed by atoms with Crippen molar-refractivity contribution in [3.05, 3.63) is 54.0 Å². The number of hydrogen-bond acceptors (Lipinski definition) is 6. The van der Waals surface area contributed by atoms with Gasteiger partial charge in [0.2, 0.25) is 11.7 Å². The van der Waals surface area contributed by atoms with Crippen molar-refractivity contribution in [2.24, 2.45) is 0 Å². The second-order valence-electron chi connectivity index (χ2n) is 5.96. The van der Waals surface area contributed by atoms with Gasteiger partial charge in [0.25, 0.3) is 10.0 Å². The molecule has 0 aliphatic carbocycles. The van der Waals surface area contributed by atoms with E-state index in [9.17, 15) is 8.42 Å². The molecule has 8 heteroatoms. The summed E-state index contributed by atoms with van der Waals surface area (Å²) in [6.45, 7) is 5.79. The van der Waals surface area contributed by atoms with Crippen molar-refractivity contribution < 1.29 is 12.9 Å². The van der Waals surface area contributed by atoms with Crippen molar-refractivity contribution in [2.45, 2.75) is 31.6 Å². The van der Waals surface area contributed by atoms with Crippen LogP contribution in [0.3, 0.4) is 0 Å². The zero-order valence-corrected chi connectivity index (χ0v) is 14.9. The van der Waals surface area contributed by atoms with E-state index in [0.717, 1.165) is 5.56 Å². The molecular weight excluding hydrogens is 340 g/mol. The summed E-state index contributed by atoms with van der Waals surface area (Å²) in [7, 11) is -3.71. The highest BCUT2D eigenvalue weighted by molar-refractivity contribution is 7.92. The third-order valence-electron chi connectivity index (χ3n) is 3.52. The molecule has 0 saturated heterocycles. The van der Waals surface area contributed by atoms with Gasteiger partial charge in [0.1, 0.15) is 5.82 Å². The van der Waals surface area contributed by atoms with Crippen LogP contribution in [0, 0.1) is 6.92 Å². The van der Waals surface area contributed by atoms with Gasteiger partial charge in [-0.2, -0.15) is 4.98 Å². The lowest BCUT2D eigenvalue weighted by Crippen LogP contribution is -2.13. The molecule has 1 aromatic carbocycles. The van der Waals surface area contributed by atoms with Gasteiger partial charge in [-0.3, -0.25) is 4.72 Å². The average molecular weight is 358 g/mol. The number of rotatable bonds is 5. The van der Waals surface area contributed by atoms with Crippen LogP contribution in [0.2, 0.25) is 0 Å². The Morgan fingerprint density at radius 1 is 1.12 bits per heavy atom. The zero-order chi connectivity index (χ0) is 18.0. The number of pyridine rings is 1. The lowest BCUT2D eigenvalue weighted by atomic mass is 10.2. The van der Waals surface area contributed by atoms with Crippen LogP contribution in [0.1, 0.15) is 31.2 Å². The molecule has 0 spiro atoms. The Morgan fingerprint density at radius 3 is 2.48 bits per heavy atom. The highest BCUT2D eigenvalue weighted by atomic mass is 32.2. The number of sulfonamides is 1. The van der Waals surface area contributed by atoms with Crippen LogP contribution in [-0.4, -0.2) is 23.5 Å². The molecule has 0 aliphatic rings. The molecule has 2 heterocycles. The quantitative estimate of drug-likeness (QED) is 0.751. The van der Waals surface area contributed by atoms with Crippen molar-refractivity contribution in [1.82, 2.24) is 15.1 Å². The van der Waals surface area contributed by atoms with E-state index in [4.69, 9.17) is 4.52 Å². The monoisotopic (exact) mass is 358 g/mol. The van der Waals surface area contributed by atoms with Gasteiger partial charge in [-0.25, -0.2) is 13.4 Å². The maximum absolute atomic E-state index is 12.5. The Kier molecular flexibility index (Phi) is 4.54. The molecule has 7 nitrogen and oxygen atoms in total. The fourth-order valence-corrected chi connectivity index (χ4v) is 3.13. The molecular formula is C17H18N4O3S. The maximum Gasteiger partial charge on any atom is 0.263 e. The highest BCUT2D eigenvalue weighted by Crippen LogP contribution is 2.22. The summed E-state index contributed by atoms with van der Waals surface area (Å²) in [6.07, 6.45) is 1.49. The minimum atomic E-state index is -3.71. The molecule has 3 aromatic rings. The summed E-state index contributed by atoms with van der Waals surface area (Å²) in [5.41, 5.74) is 1.60. The molecule has 2 aromatic heterocycles. The van der Waals surface area contributed by atoms with Gasteiger partial charge in [-0.1, -0.05) is 36.7 Å². The van der Waals surface area contributed by atoms with Gasteiger partial charge in [0, 0.05) is 17.7 Å². The predicted molar refractivity (Wildman–Crippen MR) is 93.6 cm³/mol. The lowest BCUT2D eigenvalue weighted by molar-refractivity contribution is 0.365. The van der Waals surface area contributed by atoms with Crippen LogP contribution in [0.25, 0.3) is 11.4 Å². The minimum Gasteiger partial charge on any atom is -0.339 e. The van der Waals surface area contributed by atoms with E-state index < -0.39 is 10.0 Å². The van der Waals surface area contributed by atoms with E-state index in [0.29, 0.717) is 17.3 Å². The molecule has 0 unspecified atom stereocenters. The SMILES string of the molecule is Cc1ccc(S(=O)(=O)Nc2cc(-c3noc(C(C)C)n3)ccn2)cc1. The number of nitrogens with one attached hydrogen (secondary N) is 1. The molecule has 1 N–H and O–H groups in total.